The molecule has 2 aromatic rings. The van der Waals surface area contributed by atoms with Crippen LogP contribution in [0, 0.1) is 0 Å². The fourth-order valence-corrected chi connectivity index (χ4v) is 2.39. The monoisotopic (exact) mass is 262 g/mol. The summed E-state index contributed by atoms with van der Waals surface area (Å²) >= 11 is 0. The lowest BCUT2D eigenvalue weighted by Crippen LogP contribution is -2.21. The summed E-state index contributed by atoms with van der Waals surface area (Å²) in [6, 6.07) is 5.30. The van der Waals surface area contributed by atoms with E-state index < -0.39 is 5.97 Å². The lowest BCUT2D eigenvalue weighted by molar-refractivity contribution is 0.0601. The number of aromatic nitrogens is 2. The molecular formula is C14H18N2O3. The van der Waals surface area contributed by atoms with Gasteiger partial charge in [0.1, 0.15) is 0 Å². The normalized spacial score (nSPS) is 11.2. The number of fused-ring (bicyclic) bond motifs is 1. The Morgan fingerprint density at radius 1 is 1.37 bits per heavy atom. The summed E-state index contributed by atoms with van der Waals surface area (Å²) in [5, 5.41) is 0. The molecule has 0 atom stereocenters. The van der Waals surface area contributed by atoms with Gasteiger partial charge in [0.25, 0.3) is 0 Å². The van der Waals surface area contributed by atoms with E-state index in [9.17, 15) is 9.59 Å². The van der Waals surface area contributed by atoms with Crippen molar-refractivity contribution in [1.29, 1.82) is 0 Å². The number of carbonyl (C=O) groups is 1. The number of carbonyl (C=O) groups excluding carboxylic acids is 1. The van der Waals surface area contributed by atoms with Crippen LogP contribution in [-0.4, -0.2) is 22.6 Å². The first-order chi connectivity index (χ1) is 9.12. The summed E-state index contributed by atoms with van der Waals surface area (Å²) in [5.41, 5.74) is 1.80. The van der Waals surface area contributed by atoms with E-state index in [1.54, 1.807) is 22.8 Å². The second kappa shape index (κ2) is 5.30. The van der Waals surface area contributed by atoms with Crippen molar-refractivity contribution < 1.29 is 9.53 Å². The molecule has 0 saturated heterocycles. The van der Waals surface area contributed by atoms with Gasteiger partial charge in [0.15, 0.2) is 0 Å². The third-order valence-electron chi connectivity index (χ3n) is 3.45. The lowest BCUT2D eigenvalue weighted by Gasteiger charge is -2.14. The molecule has 0 unspecified atom stereocenters. The Bertz CT molecular complexity index is 650. The van der Waals surface area contributed by atoms with E-state index in [2.05, 4.69) is 23.6 Å². The Labute approximate surface area is 111 Å². The van der Waals surface area contributed by atoms with Crippen LogP contribution < -0.4 is 5.69 Å². The minimum absolute atomic E-state index is 0.134. The summed E-state index contributed by atoms with van der Waals surface area (Å²) < 4.78 is 6.43. The number of methoxy groups -OCH3 is 1. The smallest absolute Gasteiger partial charge is 0.337 e. The molecule has 5 heteroatoms. The van der Waals surface area contributed by atoms with Crippen molar-refractivity contribution in [3.05, 3.63) is 34.2 Å². The van der Waals surface area contributed by atoms with Gasteiger partial charge in [-0.15, -0.1) is 0 Å². The van der Waals surface area contributed by atoms with E-state index in [1.807, 2.05) is 0 Å². The van der Waals surface area contributed by atoms with E-state index in [0.29, 0.717) is 11.1 Å². The zero-order valence-electron chi connectivity index (χ0n) is 11.4. The van der Waals surface area contributed by atoms with Crippen molar-refractivity contribution in [2.75, 3.05) is 7.11 Å². The van der Waals surface area contributed by atoms with Crippen molar-refractivity contribution in [2.45, 2.75) is 32.7 Å². The zero-order valence-corrected chi connectivity index (χ0v) is 11.4. The highest BCUT2D eigenvalue weighted by molar-refractivity contribution is 5.93. The minimum atomic E-state index is -0.405. The van der Waals surface area contributed by atoms with Crippen molar-refractivity contribution in [3.63, 3.8) is 0 Å². The molecule has 0 bridgehead atoms. The maximum Gasteiger partial charge on any atom is 0.337 e. The average Bonchev–Trinajstić information content (AvgIpc) is 2.75. The van der Waals surface area contributed by atoms with Gasteiger partial charge in [-0.05, 0) is 31.0 Å². The van der Waals surface area contributed by atoms with Gasteiger partial charge in [-0.2, -0.15) is 0 Å². The Kier molecular flexibility index (Phi) is 3.74. The quantitative estimate of drug-likeness (QED) is 0.861. The standard InChI is InChI=1S/C14H18N2O3/c1-4-10(5-2)16-12-7-6-9(13(17)19-3)8-11(12)15-14(16)18/h6-8,10H,4-5H2,1-3H3,(H,15,18). The number of aromatic amines is 1. The van der Waals surface area contributed by atoms with E-state index >= 15 is 0 Å². The van der Waals surface area contributed by atoms with E-state index in [4.69, 9.17) is 0 Å². The van der Waals surface area contributed by atoms with Gasteiger partial charge in [-0.1, -0.05) is 13.8 Å². The summed E-state index contributed by atoms with van der Waals surface area (Å²) in [5.74, 6) is -0.405. The number of nitrogens with zero attached hydrogens (tertiary/aromatic N) is 1. The molecule has 0 spiro atoms. The molecule has 1 aromatic carbocycles. The number of hydrogen-bond acceptors (Lipinski definition) is 3. The van der Waals surface area contributed by atoms with Crippen LogP contribution >= 0.6 is 0 Å². The molecular weight excluding hydrogens is 244 g/mol. The van der Waals surface area contributed by atoms with Gasteiger partial charge in [0.05, 0.1) is 23.7 Å². The zero-order chi connectivity index (χ0) is 14.0. The molecule has 5 nitrogen and oxygen atoms in total. The molecule has 0 amide bonds. The Morgan fingerprint density at radius 3 is 2.63 bits per heavy atom. The number of H-pyrrole nitrogens is 1. The molecule has 0 saturated carbocycles. The topological polar surface area (TPSA) is 64.1 Å². The Hall–Kier alpha value is -2.04. The number of hydrogen-bond donors (Lipinski definition) is 1. The van der Waals surface area contributed by atoms with Crippen LogP contribution in [-0.2, 0) is 4.74 Å². The second-order valence-corrected chi connectivity index (χ2v) is 4.49. The minimum Gasteiger partial charge on any atom is -0.465 e. The van der Waals surface area contributed by atoms with Crippen molar-refractivity contribution in [3.8, 4) is 0 Å². The molecule has 0 aliphatic heterocycles. The number of ether oxygens (including phenoxy) is 1. The summed E-state index contributed by atoms with van der Waals surface area (Å²) in [6.45, 7) is 4.12. The van der Waals surface area contributed by atoms with Crippen LogP contribution in [0.3, 0.4) is 0 Å². The first-order valence-corrected chi connectivity index (χ1v) is 6.44. The summed E-state index contributed by atoms with van der Waals surface area (Å²) in [6.07, 6.45) is 1.78. The van der Waals surface area contributed by atoms with Crippen molar-refractivity contribution >= 4 is 17.0 Å². The molecule has 0 aliphatic rings. The SMILES string of the molecule is CCC(CC)n1c(=O)[nH]c2cc(C(=O)OC)ccc21. The maximum atomic E-state index is 12.0. The molecule has 0 fully saturated rings. The summed E-state index contributed by atoms with van der Waals surface area (Å²) in [7, 11) is 1.34. The number of esters is 1. The molecule has 2 rings (SSSR count). The number of rotatable bonds is 4. The molecule has 1 aromatic heterocycles. The third kappa shape index (κ3) is 2.28. The van der Waals surface area contributed by atoms with Gasteiger partial charge < -0.3 is 9.72 Å². The van der Waals surface area contributed by atoms with Crippen LogP contribution in [0.15, 0.2) is 23.0 Å². The van der Waals surface area contributed by atoms with Crippen LogP contribution in [0.25, 0.3) is 11.0 Å². The first kappa shape index (κ1) is 13.4. The van der Waals surface area contributed by atoms with Gasteiger partial charge in [0.2, 0.25) is 0 Å². The molecule has 0 aliphatic carbocycles. The van der Waals surface area contributed by atoms with Crippen molar-refractivity contribution in [1.82, 2.24) is 9.55 Å². The van der Waals surface area contributed by atoms with Gasteiger partial charge >= 0.3 is 11.7 Å². The molecule has 1 heterocycles. The first-order valence-electron chi connectivity index (χ1n) is 6.44. The number of benzene rings is 1. The second-order valence-electron chi connectivity index (χ2n) is 4.49. The largest absolute Gasteiger partial charge is 0.465 e. The fraction of sp³-hybridized carbons (Fsp3) is 0.429. The highest BCUT2D eigenvalue weighted by Crippen LogP contribution is 2.21. The predicted molar refractivity (Wildman–Crippen MR) is 73.5 cm³/mol. The van der Waals surface area contributed by atoms with Gasteiger partial charge in [-0.3, -0.25) is 4.57 Å². The average molecular weight is 262 g/mol. The maximum absolute atomic E-state index is 12.0. The van der Waals surface area contributed by atoms with Crippen LogP contribution in [0.1, 0.15) is 43.1 Å². The molecule has 19 heavy (non-hydrogen) atoms. The fourth-order valence-electron chi connectivity index (χ4n) is 2.39. The highest BCUT2D eigenvalue weighted by Gasteiger charge is 2.15. The van der Waals surface area contributed by atoms with Crippen molar-refractivity contribution in [2.24, 2.45) is 0 Å². The number of nitrogens with one attached hydrogen (secondary N) is 1. The van der Waals surface area contributed by atoms with Gasteiger partial charge in [-0.25, -0.2) is 9.59 Å². The number of imidazole rings is 1. The Morgan fingerprint density at radius 2 is 2.05 bits per heavy atom. The van der Waals surface area contributed by atoms with Crippen LogP contribution in [0.5, 0.6) is 0 Å². The summed E-state index contributed by atoms with van der Waals surface area (Å²) in [4.78, 5) is 26.3. The molecule has 102 valence electrons. The van der Waals surface area contributed by atoms with E-state index in [1.165, 1.54) is 7.11 Å². The highest BCUT2D eigenvalue weighted by atomic mass is 16.5. The van der Waals surface area contributed by atoms with Crippen LogP contribution in [0.2, 0.25) is 0 Å². The predicted octanol–water partition coefficient (Wildman–Crippen LogP) is 2.48. The lowest BCUT2D eigenvalue weighted by atomic mass is 10.1. The van der Waals surface area contributed by atoms with E-state index in [-0.39, 0.29) is 11.7 Å². The van der Waals surface area contributed by atoms with Crippen LogP contribution in [0.4, 0.5) is 0 Å². The molecule has 1 N–H and O–H groups in total. The molecule has 0 radical (unpaired) electrons. The Balaban J connectivity index is 2.60. The van der Waals surface area contributed by atoms with E-state index in [0.717, 1.165) is 18.4 Å². The third-order valence-corrected chi connectivity index (χ3v) is 3.45. The van der Waals surface area contributed by atoms with Gasteiger partial charge in [0, 0.05) is 6.04 Å².